The van der Waals surface area contributed by atoms with Gasteiger partial charge in [-0.2, -0.15) is 0 Å². The molecule has 0 aromatic heterocycles. The van der Waals surface area contributed by atoms with Gasteiger partial charge in [-0.1, -0.05) is 39.0 Å². The maximum absolute atomic E-state index is 11.9. The molecule has 0 aromatic carbocycles. The molecule has 3 nitrogen and oxygen atoms in total. The first kappa shape index (κ1) is 17.4. The van der Waals surface area contributed by atoms with Gasteiger partial charge in [0.25, 0.3) is 0 Å². The van der Waals surface area contributed by atoms with Gasteiger partial charge in [0.2, 0.25) is 5.91 Å². The van der Waals surface area contributed by atoms with Crippen LogP contribution in [0.5, 0.6) is 0 Å². The summed E-state index contributed by atoms with van der Waals surface area (Å²) in [5.74, 6) is 0.283. The van der Waals surface area contributed by atoms with Crippen LogP contribution in [0.3, 0.4) is 0 Å². The van der Waals surface area contributed by atoms with Crippen LogP contribution in [0, 0.1) is 0 Å². The van der Waals surface area contributed by atoms with Crippen molar-refractivity contribution in [1.29, 1.82) is 0 Å². The Kier molecular flexibility index (Phi) is 12.5. The van der Waals surface area contributed by atoms with E-state index in [1.807, 2.05) is 4.90 Å². The second kappa shape index (κ2) is 12.9. The van der Waals surface area contributed by atoms with Crippen molar-refractivity contribution in [2.75, 3.05) is 19.7 Å². The zero-order valence-corrected chi connectivity index (χ0v) is 12.3. The van der Waals surface area contributed by atoms with Crippen molar-refractivity contribution in [1.82, 2.24) is 4.90 Å². The molecule has 0 aliphatic carbocycles. The number of hydrogen-bond donors (Lipinski definition) is 1. The van der Waals surface area contributed by atoms with E-state index in [2.05, 4.69) is 13.8 Å². The molecule has 0 saturated heterocycles. The number of nitrogens with zero attached hydrogens (tertiary/aromatic N) is 1. The standard InChI is InChI=1S/C15H31NO2/c1-3-5-6-7-10-13-16(4-2)15(18)12-9-8-11-14-17/h17H,3-14H2,1-2H3. The first-order valence-electron chi connectivity index (χ1n) is 7.64. The fourth-order valence-electron chi connectivity index (χ4n) is 2.09. The van der Waals surface area contributed by atoms with Crippen LogP contribution in [0.4, 0.5) is 0 Å². The molecule has 0 aliphatic rings. The van der Waals surface area contributed by atoms with Crippen LogP contribution in [-0.2, 0) is 4.79 Å². The summed E-state index contributed by atoms with van der Waals surface area (Å²) in [6.07, 6.45) is 9.56. The maximum Gasteiger partial charge on any atom is 0.222 e. The Morgan fingerprint density at radius 1 is 0.944 bits per heavy atom. The van der Waals surface area contributed by atoms with E-state index in [1.165, 1.54) is 25.7 Å². The van der Waals surface area contributed by atoms with Crippen LogP contribution in [0.2, 0.25) is 0 Å². The molecule has 0 saturated carbocycles. The molecule has 0 fully saturated rings. The fourth-order valence-corrected chi connectivity index (χ4v) is 2.09. The molecule has 0 unspecified atom stereocenters. The van der Waals surface area contributed by atoms with E-state index >= 15 is 0 Å². The summed E-state index contributed by atoms with van der Waals surface area (Å²) < 4.78 is 0. The lowest BCUT2D eigenvalue weighted by Gasteiger charge is -2.20. The molecule has 0 rings (SSSR count). The second-order valence-electron chi connectivity index (χ2n) is 4.92. The van der Waals surface area contributed by atoms with E-state index in [-0.39, 0.29) is 12.5 Å². The minimum atomic E-state index is 0.239. The summed E-state index contributed by atoms with van der Waals surface area (Å²) >= 11 is 0. The van der Waals surface area contributed by atoms with E-state index in [9.17, 15) is 4.79 Å². The first-order valence-corrected chi connectivity index (χ1v) is 7.64. The van der Waals surface area contributed by atoms with E-state index in [1.54, 1.807) is 0 Å². The number of unbranched alkanes of at least 4 members (excludes halogenated alkanes) is 6. The van der Waals surface area contributed by atoms with Gasteiger partial charge >= 0.3 is 0 Å². The number of rotatable bonds is 12. The molecule has 0 aliphatic heterocycles. The van der Waals surface area contributed by atoms with Crippen molar-refractivity contribution in [2.45, 2.75) is 71.6 Å². The molecule has 0 heterocycles. The van der Waals surface area contributed by atoms with Gasteiger partial charge < -0.3 is 10.0 Å². The third-order valence-corrected chi connectivity index (χ3v) is 3.31. The normalized spacial score (nSPS) is 10.6. The maximum atomic E-state index is 11.9. The SMILES string of the molecule is CCCCCCCN(CC)C(=O)CCCCCO. The lowest BCUT2D eigenvalue weighted by Crippen LogP contribution is -2.31. The largest absolute Gasteiger partial charge is 0.396 e. The number of aliphatic hydroxyl groups excluding tert-OH is 1. The number of amides is 1. The summed E-state index contributed by atoms with van der Waals surface area (Å²) in [7, 11) is 0. The van der Waals surface area contributed by atoms with E-state index in [0.717, 1.165) is 38.8 Å². The zero-order valence-electron chi connectivity index (χ0n) is 12.3. The summed E-state index contributed by atoms with van der Waals surface area (Å²) in [6, 6.07) is 0. The first-order chi connectivity index (χ1) is 8.76. The number of aliphatic hydroxyl groups is 1. The Balaban J connectivity index is 3.62. The minimum absolute atomic E-state index is 0.239. The highest BCUT2D eigenvalue weighted by Gasteiger charge is 2.10. The van der Waals surface area contributed by atoms with Crippen molar-refractivity contribution in [3.8, 4) is 0 Å². The summed E-state index contributed by atoms with van der Waals surface area (Å²) in [6.45, 7) is 6.25. The van der Waals surface area contributed by atoms with Crippen molar-refractivity contribution < 1.29 is 9.90 Å². The highest BCUT2D eigenvalue weighted by molar-refractivity contribution is 5.76. The molecule has 3 heteroatoms. The quantitative estimate of drug-likeness (QED) is 0.545. The van der Waals surface area contributed by atoms with Crippen LogP contribution in [-0.4, -0.2) is 35.6 Å². The highest BCUT2D eigenvalue weighted by atomic mass is 16.2. The second-order valence-corrected chi connectivity index (χ2v) is 4.92. The van der Waals surface area contributed by atoms with Crippen molar-refractivity contribution in [3.63, 3.8) is 0 Å². The molecule has 1 amide bonds. The summed E-state index contributed by atoms with van der Waals surface area (Å²) in [4.78, 5) is 13.9. The predicted molar refractivity (Wildman–Crippen MR) is 76.6 cm³/mol. The number of hydrogen-bond acceptors (Lipinski definition) is 2. The third kappa shape index (κ3) is 9.46. The Labute approximate surface area is 113 Å². The van der Waals surface area contributed by atoms with E-state index in [4.69, 9.17) is 5.11 Å². The molecule has 18 heavy (non-hydrogen) atoms. The molecular weight excluding hydrogens is 226 g/mol. The molecule has 0 spiro atoms. The topological polar surface area (TPSA) is 40.5 Å². The van der Waals surface area contributed by atoms with Gasteiger partial charge in [0.05, 0.1) is 0 Å². The average molecular weight is 257 g/mol. The predicted octanol–water partition coefficient (Wildman–Crippen LogP) is 3.36. The van der Waals surface area contributed by atoms with Crippen LogP contribution >= 0.6 is 0 Å². The Morgan fingerprint density at radius 2 is 1.61 bits per heavy atom. The Hall–Kier alpha value is -0.570. The highest BCUT2D eigenvalue weighted by Crippen LogP contribution is 2.07. The van der Waals surface area contributed by atoms with Gasteiger partial charge in [0, 0.05) is 26.1 Å². The van der Waals surface area contributed by atoms with Gasteiger partial charge in [-0.15, -0.1) is 0 Å². The van der Waals surface area contributed by atoms with Gasteiger partial charge in [0.1, 0.15) is 0 Å². The third-order valence-electron chi connectivity index (χ3n) is 3.31. The van der Waals surface area contributed by atoms with E-state index < -0.39 is 0 Å². The van der Waals surface area contributed by atoms with Crippen LogP contribution in [0.1, 0.15) is 71.6 Å². The van der Waals surface area contributed by atoms with E-state index in [0.29, 0.717) is 6.42 Å². The smallest absolute Gasteiger partial charge is 0.222 e. The minimum Gasteiger partial charge on any atom is -0.396 e. The monoisotopic (exact) mass is 257 g/mol. The molecule has 108 valence electrons. The van der Waals surface area contributed by atoms with Crippen LogP contribution < -0.4 is 0 Å². The van der Waals surface area contributed by atoms with Gasteiger partial charge in [-0.25, -0.2) is 0 Å². The molecule has 1 N–H and O–H groups in total. The average Bonchev–Trinajstić information content (AvgIpc) is 2.39. The van der Waals surface area contributed by atoms with Gasteiger partial charge in [-0.05, 0) is 26.2 Å². The van der Waals surface area contributed by atoms with Crippen molar-refractivity contribution in [3.05, 3.63) is 0 Å². The molecule has 0 radical (unpaired) electrons. The fraction of sp³-hybridized carbons (Fsp3) is 0.933. The summed E-state index contributed by atoms with van der Waals surface area (Å²) in [5, 5.41) is 8.68. The molecular formula is C15H31NO2. The molecule has 0 aromatic rings. The van der Waals surface area contributed by atoms with Crippen molar-refractivity contribution >= 4 is 5.91 Å². The number of carbonyl (C=O) groups is 1. The summed E-state index contributed by atoms with van der Waals surface area (Å²) in [5.41, 5.74) is 0. The molecule has 0 atom stereocenters. The molecule has 0 bridgehead atoms. The van der Waals surface area contributed by atoms with Crippen LogP contribution in [0.15, 0.2) is 0 Å². The Morgan fingerprint density at radius 3 is 2.22 bits per heavy atom. The number of carbonyl (C=O) groups excluding carboxylic acids is 1. The lowest BCUT2D eigenvalue weighted by molar-refractivity contribution is -0.131. The Bertz CT molecular complexity index is 195. The van der Waals surface area contributed by atoms with Crippen molar-refractivity contribution in [2.24, 2.45) is 0 Å². The van der Waals surface area contributed by atoms with Crippen LogP contribution in [0.25, 0.3) is 0 Å². The van der Waals surface area contributed by atoms with Gasteiger partial charge in [0.15, 0.2) is 0 Å². The zero-order chi connectivity index (χ0) is 13.6. The lowest BCUT2D eigenvalue weighted by atomic mass is 10.1. The van der Waals surface area contributed by atoms with Gasteiger partial charge in [-0.3, -0.25) is 4.79 Å².